The largest absolute Gasteiger partial charge is 0.481 e. The Morgan fingerprint density at radius 1 is 1.45 bits per heavy atom. The van der Waals surface area contributed by atoms with Crippen LogP contribution in [0.15, 0.2) is 24.3 Å². The molecule has 2 N–H and O–H groups in total. The molecule has 0 heterocycles. The second kappa shape index (κ2) is 8.14. The molecule has 1 aromatic rings. The highest BCUT2D eigenvalue weighted by Gasteiger charge is 2.09. The summed E-state index contributed by atoms with van der Waals surface area (Å²) in [5, 5.41) is 22.5. The molecule has 0 radical (unpaired) electrons. The standard InChI is InChI=1S/C14H20N2O4/c1-2-11(6-7-14(17)18)8-9-15-12-4-3-5-13(10-12)16(19)20/h3-5,10-11,15H,2,6-9H2,1H3,(H,17,18). The van der Waals surface area contributed by atoms with Crippen molar-refractivity contribution >= 4 is 17.3 Å². The minimum absolute atomic E-state index is 0.0629. The molecule has 1 aromatic carbocycles. The van der Waals surface area contributed by atoms with E-state index in [0.717, 1.165) is 12.8 Å². The van der Waals surface area contributed by atoms with E-state index in [0.29, 0.717) is 24.6 Å². The average Bonchev–Trinajstić information content (AvgIpc) is 2.42. The fourth-order valence-corrected chi connectivity index (χ4v) is 2.03. The van der Waals surface area contributed by atoms with Crippen LogP contribution in [-0.4, -0.2) is 22.5 Å². The third-order valence-corrected chi connectivity index (χ3v) is 3.28. The summed E-state index contributed by atoms with van der Waals surface area (Å²) < 4.78 is 0. The van der Waals surface area contributed by atoms with E-state index in [2.05, 4.69) is 5.32 Å². The maximum absolute atomic E-state index is 10.7. The van der Waals surface area contributed by atoms with E-state index in [4.69, 9.17) is 5.11 Å². The number of hydrogen-bond acceptors (Lipinski definition) is 4. The van der Waals surface area contributed by atoms with Gasteiger partial charge in [-0.2, -0.15) is 0 Å². The summed E-state index contributed by atoms with van der Waals surface area (Å²) >= 11 is 0. The third-order valence-electron chi connectivity index (χ3n) is 3.28. The van der Waals surface area contributed by atoms with Crippen LogP contribution in [0.4, 0.5) is 11.4 Å². The van der Waals surface area contributed by atoms with Crippen LogP contribution in [-0.2, 0) is 4.79 Å². The molecule has 0 aromatic heterocycles. The van der Waals surface area contributed by atoms with Gasteiger partial charge < -0.3 is 10.4 Å². The number of nitro benzene ring substituents is 1. The first kappa shape index (κ1) is 15.9. The zero-order chi connectivity index (χ0) is 15.0. The Labute approximate surface area is 118 Å². The van der Waals surface area contributed by atoms with Crippen molar-refractivity contribution < 1.29 is 14.8 Å². The quantitative estimate of drug-likeness (QED) is 0.535. The molecule has 0 aliphatic rings. The van der Waals surface area contributed by atoms with Crippen molar-refractivity contribution in [1.82, 2.24) is 0 Å². The number of benzene rings is 1. The highest BCUT2D eigenvalue weighted by molar-refractivity contribution is 5.66. The number of hydrogen-bond donors (Lipinski definition) is 2. The summed E-state index contributed by atoms with van der Waals surface area (Å²) in [5.41, 5.74) is 0.778. The number of nitro groups is 1. The normalized spacial score (nSPS) is 11.8. The molecule has 0 saturated carbocycles. The molecular formula is C14H20N2O4. The van der Waals surface area contributed by atoms with E-state index in [9.17, 15) is 14.9 Å². The lowest BCUT2D eigenvalue weighted by Gasteiger charge is -2.14. The van der Waals surface area contributed by atoms with Crippen LogP contribution in [0.5, 0.6) is 0 Å². The van der Waals surface area contributed by atoms with Crippen molar-refractivity contribution in [3.8, 4) is 0 Å². The van der Waals surface area contributed by atoms with Crippen LogP contribution in [0.1, 0.15) is 32.6 Å². The molecule has 0 aliphatic carbocycles. The number of nitrogens with one attached hydrogen (secondary N) is 1. The lowest BCUT2D eigenvalue weighted by atomic mass is 9.96. The summed E-state index contributed by atoms with van der Waals surface area (Å²) in [5.74, 6) is -0.410. The average molecular weight is 280 g/mol. The Kier molecular flexibility index (Phi) is 6.49. The third kappa shape index (κ3) is 5.69. The second-order valence-electron chi connectivity index (χ2n) is 4.73. The van der Waals surface area contributed by atoms with Crippen molar-refractivity contribution in [2.75, 3.05) is 11.9 Å². The molecule has 1 atom stereocenters. The Morgan fingerprint density at radius 3 is 2.80 bits per heavy atom. The van der Waals surface area contributed by atoms with E-state index in [1.165, 1.54) is 12.1 Å². The highest BCUT2D eigenvalue weighted by Crippen LogP contribution is 2.19. The highest BCUT2D eigenvalue weighted by atomic mass is 16.6. The first-order valence-corrected chi connectivity index (χ1v) is 6.73. The van der Waals surface area contributed by atoms with Crippen LogP contribution in [0, 0.1) is 16.0 Å². The number of carbonyl (C=O) groups is 1. The molecule has 0 fully saturated rings. The van der Waals surface area contributed by atoms with Crippen molar-refractivity contribution in [2.24, 2.45) is 5.92 Å². The van der Waals surface area contributed by atoms with Gasteiger partial charge in [0, 0.05) is 30.8 Å². The molecule has 0 bridgehead atoms. The molecule has 0 spiro atoms. The van der Waals surface area contributed by atoms with Gasteiger partial charge in [0.15, 0.2) is 0 Å². The van der Waals surface area contributed by atoms with E-state index in [1.807, 2.05) is 6.92 Å². The lowest BCUT2D eigenvalue weighted by Crippen LogP contribution is -2.10. The number of nitrogens with zero attached hydrogens (tertiary/aromatic N) is 1. The predicted molar refractivity (Wildman–Crippen MR) is 76.9 cm³/mol. The molecular weight excluding hydrogens is 260 g/mol. The van der Waals surface area contributed by atoms with Gasteiger partial charge >= 0.3 is 5.97 Å². The van der Waals surface area contributed by atoms with Gasteiger partial charge in [0.05, 0.1) is 4.92 Å². The van der Waals surface area contributed by atoms with Gasteiger partial charge in [-0.3, -0.25) is 14.9 Å². The molecule has 20 heavy (non-hydrogen) atoms. The van der Waals surface area contributed by atoms with Crippen molar-refractivity contribution in [3.05, 3.63) is 34.4 Å². The van der Waals surface area contributed by atoms with Gasteiger partial charge in [0.25, 0.3) is 5.69 Å². The SMILES string of the molecule is CCC(CCNc1cccc([N+](=O)[O-])c1)CCC(=O)O. The molecule has 110 valence electrons. The summed E-state index contributed by atoms with van der Waals surface area (Å²) in [6, 6.07) is 6.37. The molecule has 1 rings (SSSR count). The number of non-ortho nitro benzene ring substituents is 1. The predicted octanol–water partition coefficient (Wildman–Crippen LogP) is 3.29. The van der Waals surface area contributed by atoms with Crippen LogP contribution < -0.4 is 5.32 Å². The first-order chi connectivity index (χ1) is 9.52. The minimum Gasteiger partial charge on any atom is -0.481 e. The zero-order valence-electron chi connectivity index (χ0n) is 11.5. The Morgan fingerprint density at radius 2 is 2.20 bits per heavy atom. The molecule has 6 nitrogen and oxygen atoms in total. The fourth-order valence-electron chi connectivity index (χ4n) is 2.03. The Balaban J connectivity index is 2.40. The summed E-state index contributed by atoms with van der Waals surface area (Å²) in [7, 11) is 0. The topological polar surface area (TPSA) is 92.5 Å². The van der Waals surface area contributed by atoms with Gasteiger partial charge in [0.1, 0.15) is 0 Å². The van der Waals surface area contributed by atoms with Crippen LogP contribution in [0.3, 0.4) is 0 Å². The number of rotatable bonds is 9. The number of aliphatic carboxylic acids is 1. The molecule has 0 amide bonds. The van der Waals surface area contributed by atoms with Crippen molar-refractivity contribution in [3.63, 3.8) is 0 Å². The van der Waals surface area contributed by atoms with Crippen molar-refractivity contribution in [1.29, 1.82) is 0 Å². The monoisotopic (exact) mass is 280 g/mol. The maximum atomic E-state index is 10.7. The van der Waals surface area contributed by atoms with E-state index in [-0.39, 0.29) is 12.1 Å². The second-order valence-corrected chi connectivity index (χ2v) is 4.73. The molecule has 0 aliphatic heterocycles. The molecule has 1 unspecified atom stereocenters. The summed E-state index contributed by atoms with van der Waals surface area (Å²) in [6.07, 6.45) is 2.65. The van der Waals surface area contributed by atoms with Gasteiger partial charge in [-0.25, -0.2) is 0 Å². The van der Waals surface area contributed by atoms with Gasteiger partial charge in [-0.1, -0.05) is 19.4 Å². The fraction of sp³-hybridized carbons (Fsp3) is 0.500. The maximum Gasteiger partial charge on any atom is 0.303 e. The smallest absolute Gasteiger partial charge is 0.303 e. The van der Waals surface area contributed by atoms with E-state index >= 15 is 0 Å². The van der Waals surface area contributed by atoms with Gasteiger partial charge in [-0.05, 0) is 24.8 Å². The summed E-state index contributed by atoms with van der Waals surface area (Å²) in [6.45, 7) is 2.72. The van der Waals surface area contributed by atoms with Gasteiger partial charge in [-0.15, -0.1) is 0 Å². The Hall–Kier alpha value is -2.11. The molecule has 0 saturated heterocycles. The van der Waals surface area contributed by atoms with Crippen LogP contribution in [0.25, 0.3) is 0 Å². The van der Waals surface area contributed by atoms with E-state index < -0.39 is 10.9 Å². The first-order valence-electron chi connectivity index (χ1n) is 6.73. The number of carboxylic acid groups (broad SMARTS) is 1. The molecule has 6 heteroatoms. The zero-order valence-corrected chi connectivity index (χ0v) is 11.5. The number of anilines is 1. The lowest BCUT2D eigenvalue weighted by molar-refractivity contribution is -0.384. The summed E-state index contributed by atoms with van der Waals surface area (Å²) in [4.78, 5) is 20.8. The Bertz CT molecular complexity index is 462. The van der Waals surface area contributed by atoms with Crippen LogP contribution in [0.2, 0.25) is 0 Å². The van der Waals surface area contributed by atoms with Crippen molar-refractivity contribution in [2.45, 2.75) is 32.6 Å². The van der Waals surface area contributed by atoms with E-state index in [1.54, 1.807) is 12.1 Å². The minimum atomic E-state index is -0.768. The van der Waals surface area contributed by atoms with Gasteiger partial charge in [0.2, 0.25) is 0 Å². The van der Waals surface area contributed by atoms with Crippen LogP contribution >= 0.6 is 0 Å². The number of carboxylic acids is 1.